The van der Waals surface area contributed by atoms with E-state index in [1.807, 2.05) is 0 Å². The second-order valence-electron chi connectivity index (χ2n) is 3.25. The number of hydrogen-bond acceptors (Lipinski definition) is 3. The number of aromatic carboxylic acids is 1. The lowest BCUT2D eigenvalue weighted by molar-refractivity contribution is 0.0696. The Balaban J connectivity index is 2.90. The molecule has 4 N–H and O–H groups in total. The molecule has 2 aromatic rings. The Morgan fingerprint density at radius 3 is 2.53 bits per heavy atom. The second kappa shape index (κ2) is 3.16. The van der Waals surface area contributed by atoms with Crippen LogP contribution in [0.2, 0.25) is 0 Å². The van der Waals surface area contributed by atoms with Gasteiger partial charge in [0.25, 0.3) is 0 Å². The highest BCUT2D eigenvalue weighted by molar-refractivity contribution is 6.06. The van der Waals surface area contributed by atoms with Crippen LogP contribution in [0.4, 0.5) is 5.69 Å². The summed E-state index contributed by atoms with van der Waals surface area (Å²) in [5.74, 6) is -1.41. The van der Waals surface area contributed by atoms with Gasteiger partial charge in [-0.15, -0.1) is 0 Å². The summed E-state index contributed by atoms with van der Waals surface area (Å²) >= 11 is 0. The van der Waals surface area contributed by atoms with Crippen molar-refractivity contribution in [3.63, 3.8) is 0 Å². The minimum absolute atomic E-state index is 0.111. The van der Waals surface area contributed by atoms with E-state index >= 15 is 0 Å². The fraction of sp³-hybridized carbons (Fsp3) is 0. The van der Waals surface area contributed by atoms with Gasteiger partial charge >= 0.3 is 5.97 Å². The van der Waals surface area contributed by atoms with Crippen LogP contribution in [0.3, 0.4) is 0 Å². The molecule has 0 saturated heterocycles. The molecule has 0 radical (unpaired) electrons. The van der Waals surface area contributed by atoms with Crippen molar-refractivity contribution in [2.75, 3.05) is 5.73 Å². The minimum Gasteiger partial charge on any atom is -0.507 e. The summed E-state index contributed by atoms with van der Waals surface area (Å²) in [6, 6.07) is 7.96. The summed E-state index contributed by atoms with van der Waals surface area (Å²) in [4.78, 5) is 10.9. The molecule has 76 valence electrons. The Kier molecular flexibility index (Phi) is 1.97. The number of fused-ring (bicyclic) bond motifs is 1. The van der Waals surface area contributed by atoms with Gasteiger partial charge in [-0.2, -0.15) is 0 Å². The third-order valence-electron chi connectivity index (χ3n) is 2.24. The standard InChI is InChI=1S/C11H9NO3/c12-7-3-1-6-2-4-9(13)10(11(14)15)8(6)5-7/h1-5,13H,12H2,(H,14,15). The van der Waals surface area contributed by atoms with Gasteiger partial charge in [0.15, 0.2) is 0 Å². The summed E-state index contributed by atoms with van der Waals surface area (Å²) in [6.45, 7) is 0. The van der Waals surface area contributed by atoms with Gasteiger partial charge in [0.2, 0.25) is 0 Å². The molecule has 0 aromatic heterocycles. The predicted molar refractivity (Wildman–Crippen MR) is 57.0 cm³/mol. The number of carbonyl (C=O) groups is 1. The van der Waals surface area contributed by atoms with Crippen LogP contribution >= 0.6 is 0 Å². The Hall–Kier alpha value is -2.23. The van der Waals surface area contributed by atoms with Crippen LogP contribution in [0.5, 0.6) is 5.75 Å². The van der Waals surface area contributed by atoms with Gasteiger partial charge in [-0.1, -0.05) is 12.1 Å². The van der Waals surface area contributed by atoms with Crippen LogP contribution < -0.4 is 5.73 Å². The molecular formula is C11H9NO3. The Bertz CT molecular complexity index is 544. The second-order valence-corrected chi connectivity index (χ2v) is 3.25. The number of hydrogen-bond donors (Lipinski definition) is 3. The highest BCUT2D eigenvalue weighted by atomic mass is 16.4. The lowest BCUT2D eigenvalue weighted by Gasteiger charge is -2.05. The highest BCUT2D eigenvalue weighted by Gasteiger charge is 2.13. The lowest BCUT2D eigenvalue weighted by atomic mass is 10.0. The molecule has 0 amide bonds. The normalized spacial score (nSPS) is 10.4. The van der Waals surface area contributed by atoms with E-state index < -0.39 is 5.97 Å². The molecule has 0 aliphatic rings. The molecule has 0 saturated carbocycles. The van der Waals surface area contributed by atoms with Crippen molar-refractivity contribution in [1.29, 1.82) is 0 Å². The van der Waals surface area contributed by atoms with E-state index in [0.29, 0.717) is 11.1 Å². The van der Waals surface area contributed by atoms with Crippen molar-refractivity contribution >= 4 is 22.4 Å². The third kappa shape index (κ3) is 1.46. The lowest BCUT2D eigenvalue weighted by Crippen LogP contribution is -1.98. The van der Waals surface area contributed by atoms with Crippen molar-refractivity contribution in [1.82, 2.24) is 0 Å². The summed E-state index contributed by atoms with van der Waals surface area (Å²) < 4.78 is 0. The SMILES string of the molecule is Nc1ccc2ccc(O)c(C(=O)O)c2c1. The zero-order chi connectivity index (χ0) is 11.0. The first kappa shape index (κ1) is 9.33. The zero-order valence-corrected chi connectivity index (χ0v) is 7.77. The van der Waals surface area contributed by atoms with Gasteiger partial charge in [0, 0.05) is 11.1 Å². The first-order valence-corrected chi connectivity index (χ1v) is 4.34. The average molecular weight is 203 g/mol. The molecule has 0 aliphatic carbocycles. The van der Waals surface area contributed by atoms with Crippen LogP contribution in [0, 0.1) is 0 Å². The molecule has 4 nitrogen and oxygen atoms in total. The number of phenols is 1. The van der Waals surface area contributed by atoms with Crippen molar-refractivity contribution < 1.29 is 15.0 Å². The number of nitrogen functional groups attached to an aromatic ring is 1. The van der Waals surface area contributed by atoms with Gasteiger partial charge in [-0.05, 0) is 23.6 Å². The number of anilines is 1. The topological polar surface area (TPSA) is 83.5 Å². The number of benzene rings is 2. The highest BCUT2D eigenvalue weighted by Crippen LogP contribution is 2.28. The van der Waals surface area contributed by atoms with E-state index in [1.54, 1.807) is 24.3 Å². The quantitative estimate of drug-likeness (QED) is 0.617. The van der Waals surface area contributed by atoms with Crippen LogP contribution in [0.25, 0.3) is 10.8 Å². The minimum atomic E-state index is -1.16. The van der Waals surface area contributed by atoms with Gasteiger partial charge < -0.3 is 15.9 Å². The molecule has 0 unspecified atom stereocenters. The molecule has 15 heavy (non-hydrogen) atoms. The van der Waals surface area contributed by atoms with Gasteiger partial charge in [-0.3, -0.25) is 0 Å². The van der Waals surface area contributed by atoms with Gasteiger partial charge in [0.1, 0.15) is 11.3 Å². The van der Waals surface area contributed by atoms with E-state index in [1.165, 1.54) is 6.07 Å². The Labute approximate surface area is 85.6 Å². The summed E-state index contributed by atoms with van der Waals surface area (Å²) in [7, 11) is 0. The van der Waals surface area contributed by atoms with Crippen LogP contribution in [0.1, 0.15) is 10.4 Å². The molecular weight excluding hydrogens is 194 g/mol. The molecule has 0 atom stereocenters. The summed E-state index contributed by atoms with van der Waals surface area (Å²) in [5.41, 5.74) is 5.93. The van der Waals surface area contributed by atoms with E-state index in [-0.39, 0.29) is 11.3 Å². The van der Waals surface area contributed by atoms with E-state index in [9.17, 15) is 9.90 Å². The molecule has 0 spiro atoms. The number of aromatic hydroxyl groups is 1. The zero-order valence-electron chi connectivity index (χ0n) is 7.77. The fourth-order valence-corrected chi connectivity index (χ4v) is 1.55. The summed E-state index contributed by atoms with van der Waals surface area (Å²) in [5, 5.41) is 19.6. The van der Waals surface area contributed by atoms with E-state index in [4.69, 9.17) is 10.8 Å². The van der Waals surface area contributed by atoms with Crippen LogP contribution in [-0.4, -0.2) is 16.2 Å². The first-order valence-electron chi connectivity index (χ1n) is 4.34. The van der Waals surface area contributed by atoms with Crippen molar-refractivity contribution in [3.05, 3.63) is 35.9 Å². The van der Waals surface area contributed by atoms with E-state index in [2.05, 4.69) is 0 Å². The molecule has 2 aromatic carbocycles. The predicted octanol–water partition coefficient (Wildman–Crippen LogP) is 1.83. The molecule has 0 bridgehead atoms. The van der Waals surface area contributed by atoms with Gasteiger partial charge in [0.05, 0.1) is 0 Å². The number of rotatable bonds is 1. The van der Waals surface area contributed by atoms with Crippen LogP contribution in [-0.2, 0) is 0 Å². The Morgan fingerprint density at radius 1 is 1.20 bits per heavy atom. The third-order valence-corrected chi connectivity index (χ3v) is 2.24. The summed E-state index contributed by atoms with van der Waals surface area (Å²) in [6.07, 6.45) is 0. The molecule has 2 rings (SSSR count). The van der Waals surface area contributed by atoms with Gasteiger partial charge in [-0.25, -0.2) is 4.79 Å². The molecule has 4 heteroatoms. The molecule has 0 aliphatic heterocycles. The smallest absolute Gasteiger partial charge is 0.340 e. The van der Waals surface area contributed by atoms with Crippen molar-refractivity contribution in [2.45, 2.75) is 0 Å². The monoisotopic (exact) mass is 203 g/mol. The van der Waals surface area contributed by atoms with E-state index in [0.717, 1.165) is 5.39 Å². The number of carboxylic acids is 1. The molecule has 0 heterocycles. The van der Waals surface area contributed by atoms with Crippen molar-refractivity contribution in [3.8, 4) is 5.75 Å². The maximum absolute atomic E-state index is 10.9. The van der Waals surface area contributed by atoms with Crippen LogP contribution in [0.15, 0.2) is 30.3 Å². The maximum atomic E-state index is 10.9. The Morgan fingerprint density at radius 2 is 1.87 bits per heavy atom. The average Bonchev–Trinajstić information content (AvgIpc) is 2.16. The number of nitrogens with two attached hydrogens (primary N) is 1. The largest absolute Gasteiger partial charge is 0.507 e. The first-order chi connectivity index (χ1) is 7.09. The van der Waals surface area contributed by atoms with Crippen molar-refractivity contribution in [2.24, 2.45) is 0 Å². The maximum Gasteiger partial charge on any atom is 0.340 e. The number of carboxylic acid groups (broad SMARTS) is 1. The fourth-order valence-electron chi connectivity index (χ4n) is 1.55. The molecule has 0 fully saturated rings.